The van der Waals surface area contributed by atoms with E-state index in [1.165, 1.54) is 49.8 Å². The third kappa shape index (κ3) is 4.50. The maximum atomic E-state index is 11.5. The highest BCUT2D eigenvalue weighted by Crippen LogP contribution is 2.60. The fraction of sp³-hybridized carbons (Fsp3) is 0.800. The average molecular weight is 454 g/mol. The molecule has 33 heavy (non-hydrogen) atoms. The Hall–Kier alpha value is -1.38. The van der Waals surface area contributed by atoms with E-state index in [0.717, 1.165) is 38.1 Å². The molecule has 0 spiro atoms. The maximum Gasteiger partial charge on any atom is 0.302 e. The summed E-state index contributed by atoms with van der Waals surface area (Å²) in [6.07, 6.45) is 11.8. The van der Waals surface area contributed by atoms with Crippen molar-refractivity contribution in [2.24, 2.45) is 39.5 Å². The minimum Gasteiger partial charge on any atom is -0.463 e. The van der Waals surface area contributed by atoms with E-state index >= 15 is 0 Å². The molecule has 3 nitrogen and oxygen atoms in total. The number of hydrogen-bond donors (Lipinski definition) is 0. The molecule has 184 valence electrons. The largest absolute Gasteiger partial charge is 0.463 e. The van der Waals surface area contributed by atoms with Gasteiger partial charge < -0.3 is 4.74 Å². The second kappa shape index (κ2) is 9.34. The summed E-state index contributed by atoms with van der Waals surface area (Å²) in [7, 11) is 0. The molecular formula is C30H47NO2. The van der Waals surface area contributed by atoms with Crippen LogP contribution in [0.2, 0.25) is 0 Å². The summed E-state index contributed by atoms with van der Waals surface area (Å²) in [5.74, 6) is 2.54. The zero-order valence-corrected chi connectivity index (χ0v) is 22.1. The van der Waals surface area contributed by atoms with Crippen molar-refractivity contribution in [3.8, 4) is 0 Å². The standard InChI is InChI=1S/C30H47NO2/c1-19(2)20(3)8-9-21(4)26-14-17-31-28-25-11-10-23-18-24(33-22(5)32)12-15-29(23,6)27(25)13-16-30(26,28)7/h19,21,23-24,26H,3,8-18H2,1-2,4-7H3/t21?,23-,24-,26+,29-,30+/m0/s1. The van der Waals surface area contributed by atoms with Crippen molar-refractivity contribution in [1.82, 2.24) is 0 Å². The van der Waals surface area contributed by atoms with Crippen molar-refractivity contribution in [1.29, 1.82) is 0 Å². The quantitative estimate of drug-likeness (QED) is 0.305. The molecule has 3 aliphatic carbocycles. The van der Waals surface area contributed by atoms with Crippen LogP contribution in [0.1, 0.15) is 106 Å². The number of hydrogen-bond acceptors (Lipinski definition) is 3. The van der Waals surface area contributed by atoms with Crippen LogP contribution in [0.15, 0.2) is 28.3 Å². The fourth-order valence-electron chi connectivity index (χ4n) is 7.98. The zero-order valence-electron chi connectivity index (χ0n) is 22.1. The Labute approximate surface area is 202 Å². The van der Waals surface area contributed by atoms with Gasteiger partial charge in [-0.15, -0.1) is 0 Å². The van der Waals surface area contributed by atoms with Crippen molar-refractivity contribution >= 4 is 11.7 Å². The summed E-state index contributed by atoms with van der Waals surface area (Å²) in [6, 6.07) is 0. The van der Waals surface area contributed by atoms with Crippen LogP contribution in [0, 0.1) is 34.5 Å². The minimum absolute atomic E-state index is 0.120. The van der Waals surface area contributed by atoms with Gasteiger partial charge in [0.2, 0.25) is 0 Å². The first kappa shape index (κ1) is 24.7. The molecule has 0 saturated heterocycles. The molecule has 6 atom stereocenters. The number of carbonyl (C=O) groups is 1. The second-order valence-corrected chi connectivity index (χ2v) is 12.5. The highest BCUT2D eigenvalue weighted by atomic mass is 16.5. The predicted octanol–water partition coefficient (Wildman–Crippen LogP) is 7.70. The number of carbonyl (C=O) groups excluding carboxylic acids is 1. The van der Waals surface area contributed by atoms with Gasteiger partial charge >= 0.3 is 5.97 Å². The molecule has 0 aromatic carbocycles. The van der Waals surface area contributed by atoms with E-state index in [9.17, 15) is 4.79 Å². The van der Waals surface area contributed by atoms with Gasteiger partial charge in [0.1, 0.15) is 6.10 Å². The Morgan fingerprint density at radius 2 is 1.88 bits per heavy atom. The van der Waals surface area contributed by atoms with E-state index in [2.05, 4.69) is 41.2 Å². The van der Waals surface area contributed by atoms with E-state index < -0.39 is 0 Å². The zero-order chi connectivity index (χ0) is 24.0. The Kier molecular flexibility index (Phi) is 7.00. The van der Waals surface area contributed by atoms with Gasteiger partial charge in [0.25, 0.3) is 0 Å². The van der Waals surface area contributed by atoms with Crippen LogP contribution in [-0.2, 0) is 9.53 Å². The number of allylic oxidation sites excluding steroid dienone is 3. The third-order valence-corrected chi connectivity index (χ3v) is 10.2. The number of ether oxygens (including phenoxy) is 1. The van der Waals surface area contributed by atoms with E-state index in [4.69, 9.17) is 9.73 Å². The number of aliphatic imine (C=N–C) groups is 1. The molecule has 4 aliphatic rings. The van der Waals surface area contributed by atoms with Gasteiger partial charge in [-0.25, -0.2) is 0 Å². The van der Waals surface area contributed by atoms with Crippen LogP contribution < -0.4 is 0 Å². The first-order valence-electron chi connectivity index (χ1n) is 13.7. The summed E-state index contributed by atoms with van der Waals surface area (Å²) in [6.45, 7) is 19.0. The Balaban J connectivity index is 1.54. The first-order valence-corrected chi connectivity index (χ1v) is 13.7. The molecular weight excluding hydrogens is 406 g/mol. The summed E-state index contributed by atoms with van der Waals surface area (Å²) in [5.41, 5.74) is 6.74. The molecule has 0 radical (unpaired) electrons. The summed E-state index contributed by atoms with van der Waals surface area (Å²) < 4.78 is 5.63. The lowest BCUT2D eigenvalue weighted by Crippen LogP contribution is -2.50. The van der Waals surface area contributed by atoms with E-state index in [1.807, 2.05) is 0 Å². The van der Waals surface area contributed by atoms with E-state index in [-0.39, 0.29) is 22.9 Å². The molecule has 0 bridgehead atoms. The van der Waals surface area contributed by atoms with Crippen LogP contribution in [-0.4, -0.2) is 24.3 Å². The second-order valence-electron chi connectivity index (χ2n) is 12.5. The Morgan fingerprint density at radius 1 is 1.12 bits per heavy atom. The summed E-state index contributed by atoms with van der Waals surface area (Å²) >= 11 is 0. The Bertz CT molecular complexity index is 851. The molecule has 0 aromatic rings. The van der Waals surface area contributed by atoms with Crippen LogP contribution >= 0.6 is 0 Å². The van der Waals surface area contributed by atoms with Crippen molar-refractivity contribution in [3.63, 3.8) is 0 Å². The molecule has 1 unspecified atom stereocenters. The molecule has 0 aromatic heterocycles. The lowest BCUT2D eigenvalue weighted by atomic mass is 9.50. The number of esters is 1. The van der Waals surface area contributed by atoms with Gasteiger partial charge in [-0.1, -0.05) is 52.3 Å². The lowest BCUT2D eigenvalue weighted by Gasteiger charge is -2.55. The van der Waals surface area contributed by atoms with Crippen molar-refractivity contribution in [3.05, 3.63) is 23.3 Å². The van der Waals surface area contributed by atoms with Crippen molar-refractivity contribution < 1.29 is 9.53 Å². The SMILES string of the molecule is C=C(CCC(C)[C@H]1CCN=C2C3=C(CC[C@@]21C)[C@@]1(C)CC[C@H](OC(C)=O)C[C@@H]1CC3)C(C)C. The van der Waals surface area contributed by atoms with Crippen LogP contribution in [0.4, 0.5) is 0 Å². The molecule has 0 amide bonds. The number of fused-ring (bicyclic) bond motifs is 4. The Morgan fingerprint density at radius 3 is 2.58 bits per heavy atom. The molecule has 1 fully saturated rings. The smallest absolute Gasteiger partial charge is 0.302 e. The van der Waals surface area contributed by atoms with Crippen LogP contribution in [0.5, 0.6) is 0 Å². The predicted molar refractivity (Wildman–Crippen MR) is 137 cm³/mol. The normalized spacial score (nSPS) is 36.9. The van der Waals surface area contributed by atoms with Gasteiger partial charge in [-0.3, -0.25) is 9.79 Å². The fourth-order valence-corrected chi connectivity index (χ4v) is 7.98. The molecule has 1 saturated carbocycles. The highest BCUT2D eigenvalue weighted by Gasteiger charge is 2.53. The van der Waals surface area contributed by atoms with Gasteiger partial charge in [0.05, 0.1) is 0 Å². The first-order chi connectivity index (χ1) is 15.6. The van der Waals surface area contributed by atoms with Gasteiger partial charge in [0.15, 0.2) is 0 Å². The number of rotatable bonds is 6. The average Bonchev–Trinajstić information content (AvgIpc) is 2.76. The summed E-state index contributed by atoms with van der Waals surface area (Å²) in [4.78, 5) is 16.8. The molecule has 3 heteroatoms. The lowest BCUT2D eigenvalue weighted by molar-refractivity contribution is -0.150. The highest BCUT2D eigenvalue weighted by molar-refractivity contribution is 6.06. The van der Waals surface area contributed by atoms with Crippen LogP contribution in [0.3, 0.4) is 0 Å². The van der Waals surface area contributed by atoms with Crippen LogP contribution in [0.25, 0.3) is 0 Å². The van der Waals surface area contributed by atoms with Crippen molar-refractivity contribution in [2.45, 2.75) is 112 Å². The van der Waals surface area contributed by atoms with E-state index in [1.54, 1.807) is 18.1 Å². The third-order valence-electron chi connectivity index (χ3n) is 10.2. The topological polar surface area (TPSA) is 38.7 Å². The molecule has 4 rings (SSSR count). The minimum atomic E-state index is -0.124. The van der Waals surface area contributed by atoms with Gasteiger partial charge in [-0.05, 0) is 98.9 Å². The van der Waals surface area contributed by atoms with E-state index in [0.29, 0.717) is 17.8 Å². The molecule has 0 N–H and O–H groups in total. The molecule has 1 aliphatic heterocycles. The summed E-state index contributed by atoms with van der Waals surface area (Å²) in [5, 5.41) is 0. The molecule has 1 heterocycles. The monoisotopic (exact) mass is 453 g/mol. The van der Waals surface area contributed by atoms with Crippen molar-refractivity contribution in [2.75, 3.05) is 6.54 Å². The number of nitrogens with zero attached hydrogens (tertiary/aromatic N) is 1. The van der Waals surface area contributed by atoms with Gasteiger partial charge in [-0.2, -0.15) is 0 Å². The van der Waals surface area contributed by atoms with Gasteiger partial charge in [0, 0.05) is 24.6 Å². The maximum absolute atomic E-state index is 11.5.